The molecule has 1 unspecified atom stereocenters. The number of carbonyl (C=O) groups is 2. The number of allylic oxidation sites excluding steroid dienone is 2. The maximum absolute atomic E-state index is 13.4. The molecule has 0 saturated heterocycles. The van der Waals surface area contributed by atoms with Crippen LogP contribution in [0, 0.1) is 17.2 Å². The molecule has 2 aromatic rings. The summed E-state index contributed by atoms with van der Waals surface area (Å²) in [6.07, 6.45) is 0.948. The van der Waals surface area contributed by atoms with Gasteiger partial charge in [-0.2, -0.15) is 5.26 Å². The van der Waals surface area contributed by atoms with E-state index in [9.17, 15) is 14.9 Å². The predicted octanol–water partition coefficient (Wildman–Crippen LogP) is 5.37. The van der Waals surface area contributed by atoms with E-state index in [-0.39, 0.29) is 17.5 Å². The second-order valence-corrected chi connectivity index (χ2v) is 8.72. The number of nitriles is 1. The summed E-state index contributed by atoms with van der Waals surface area (Å²) in [7, 11) is 1.48. The van der Waals surface area contributed by atoms with Crippen LogP contribution < -0.4 is 9.47 Å². The molecule has 33 heavy (non-hydrogen) atoms. The van der Waals surface area contributed by atoms with Crippen molar-refractivity contribution in [1.82, 2.24) is 0 Å². The number of Topliss-reactive ketones (excluding diaryl/α,β-unsaturated/α-hetero) is 1. The van der Waals surface area contributed by atoms with Crippen LogP contribution in [0.15, 0.2) is 58.7 Å². The van der Waals surface area contributed by atoms with Gasteiger partial charge in [-0.25, -0.2) is 0 Å². The largest absolute Gasteiger partial charge is 0.493 e. The van der Waals surface area contributed by atoms with Crippen LogP contribution in [-0.2, 0) is 9.59 Å². The number of hydrogen-bond donors (Lipinski definition) is 0. The Morgan fingerprint density at radius 3 is 2.45 bits per heavy atom. The zero-order chi connectivity index (χ0) is 23.7. The fourth-order valence-corrected chi connectivity index (χ4v) is 4.80. The predicted molar refractivity (Wildman–Crippen MR) is 125 cm³/mol. The third kappa shape index (κ3) is 4.42. The molecule has 0 saturated carbocycles. The normalized spacial score (nSPS) is 22.2. The minimum absolute atomic E-state index is 0.00484. The van der Waals surface area contributed by atoms with Crippen LogP contribution in [-0.4, -0.2) is 24.6 Å². The SMILES string of the molecule is COc1cc([C@@H]2C3=C(C[C@H](c4ccc(Cl)cc4)CC3=O)N=C(C)C2C#N)ccc1OC(C)=O. The molecule has 0 fully saturated rings. The van der Waals surface area contributed by atoms with Gasteiger partial charge in [0, 0.05) is 41.3 Å². The topological polar surface area (TPSA) is 88.8 Å². The van der Waals surface area contributed by atoms with Crippen molar-refractivity contribution < 1.29 is 19.1 Å². The Morgan fingerprint density at radius 1 is 1.12 bits per heavy atom. The molecule has 0 aromatic heterocycles. The van der Waals surface area contributed by atoms with Gasteiger partial charge in [0.1, 0.15) is 0 Å². The molecule has 1 aliphatic heterocycles. The fourth-order valence-electron chi connectivity index (χ4n) is 4.67. The second-order valence-electron chi connectivity index (χ2n) is 8.28. The number of rotatable bonds is 4. The average molecular weight is 463 g/mol. The molecule has 0 amide bonds. The summed E-state index contributed by atoms with van der Waals surface area (Å²) in [4.78, 5) is 29.5. The molecule has 0 spiro atoms. The molecular weight excluding hydrogens is 440 g/mol. The maximum atomic E-state index is 13.4. The quantitative estimate of drug-likeness (QED) is 0.450. The van der Waals surface area contributed by atoms with Crippen molar-refractivity contribution in [3.63, 3.8) is 0 Å². The summed E-state index contributed by atoms with van der Waals surface area (Å²) >= 11 is 6.03. The Labute approximate surface area is 197 Å². The van der Waals surface area contributed by atoms with E-state index in [2.05, 4.69) is 6.07 Å². The van der Waals surface area contributed by atoms with Gasteiger partial charge < -0.3 is 9.47 Å². The second kappa shape index (κ2) is 9.21. The summed E-state index contributed by atoms with van der Waals surface area (Å²) in [5.74, 6) is -0.867. The van der Waals surface area contributed by atoms with Crippen molar-refractivity contribution in [2.45, 2.75) is 38.5 Å². The Morgan fingerprint density at radius 2 is 1.82 bits per heavy atom. The smallest absolute Gasteiger partial charge is 0.308 e. The number of benzene rings is 2. The third-order valence-corrected chi connectivity index (χ3v) is 6.42. The van der Waals surface area contributed by atoms with Gasteiger partial charge in [-0.15, -0.1) is 0 Å². The van der Waals surface area contributed by atoms with E-state index in [0.717, 1.165) is 16.8 Å². The first kappa shape index (κ1) is 22.8. The molecule has 7 heteroatoms. The molecule has 168 valence electrons. The van der Waals surface area contributed by atoms with E-state index in [4.69, 9.17) is 26.1 Å². The van der Waals surface area contributed by atoms with Gasteiger partial charge in [-0.1, -0.05) is 29.8 Å². The van der Waals surface area contributed by atoms with E-state index < -0.39 is 17.8 Å². The maximum Gasteiger partial charge on any atom is 0.308 e. The van der Waals surface area contributed by atoms with Crippen LogP contribution in [0.4, 0.5) is 0 Å². The molecule has 2 aromatic carbocycles. The zero-order valence-corrected chi connectivity index (χ0v) is 19.3. The standard InChI is InChI=1S/C26H23ClN2O4/c1-14-20(13-28)25(17-6-9-23(33-15(2)30)24(12-17)32-3)26-21(29-14)10-18(11-22(26)31)16-4-7-19(27)8-5-16/h4-9,12,18,20,25H,10-11H2,1-3H3/t18-,20?,25-/m0/s1. The van der Waals surface area contributed by atoms with E-state index in [1.807, 2.05) is 31.2 Å². The van der Waals surface area contributed by atoms with Crippen LogP contribution >= 0.6 is 11.6 Å². The highest BCUT2D eigenvalue weighted by atomic mass is 35.5. The summed E-state index contributed by atoms with van der Waals surface area (Å²) in [5.41, 5.74) is 3.77. The van der Waals surface area contributed by atoms with Crippen molar-refractivity contribution >= 4 is 29.1 Å². The average Bonchev–Trinajstić information content (AvgIpc) is 2.78. The number of hydrogen-bond acceptors (Lipinski definition) is 6. The molecule has 6 nitrogen and oxygen atoms in total. The van der Waals surface area contributed by atoms with Crippen LogP contribution in [0.3, 0.4) is 0 Å². The van der Waals surface area contributed by atoms with Crippen molar-refractivity contribution in [3.8, 4) is 17.6 Å². The molecule has 1 heterocycles. The third-order valence-electron chi connectivity index (χ3n) is 6.17. The number of halogens is 1. The summed E-state index contributed by atoms with van der Waals surface area (Å²) < 4.78 is 10.6. The Kier molecular flexibility index (Phi) is 6.35. The monoisotopic (exact) mass is 462 g/mol. The zero-order valence-electron chi connectivity index (χ0n) is 18.6. The molecule has 0 bridgehead atoms. The molecule has 4 rings (SSSR count). The van der Waals surface area contributed by atoms with Crippen molar-refractivity contribution in [2.75, 3.05) is 7.11 Å². The highest BCUT2D eigenvalue weighted by Gasteiger charge is 2.41. The summed E-state index contributed by atoms with van der Waals surface area (Å²) in [6.45, 7) is 3.14. The van der Waals surface area contributed by atoms with Crippen molar-refractivity contribution in [1.29, 1.82) is 5.26 Å². The van der Waals surface area contributed by atoms with Gasteiger partial charge in [0.05, 0.1) is 19.1 Å². The van der Waals surface area contributed by atoms with Crippen LogP contribution in [0.2, 0.25) is 5.02 Å². The molecular formula is C26H23ClN2O4. The van der Waals surface area contributed by atoms with E-state index in [0.29, 0.717) is 34.9 Å². The number of carbonyl (C=O) groups excluding carboxylic acids is 2. The van der Waals surface area contributed by atoms with Gasteiger partial charge in [-0.3, -0.25) is 14.6 Å². The number of methoxy groups -OCH3 is 1. The minimum Gasteiger partial charge on any atom is -0.493 e. The van der Waals surface area contributed by atoms with Gasteiger partial charge in [-0.05, 0) is 54.7 Å². The van der Waals surface area contributed by atoms with Gasteiger partial charge in [0.15, 0.2) is 17.3 Å². The van der Waals surface area contributed by atoms with Gasteiger partial charge in [0.2, 0.25) is 0 Å². The Hall–Kier alpha value is -3.43. The van der Waals surface area contributed by atoms with Crippen LogP contribution in [0.25, 0.3) is 0 Å². The lowest BCUT2D eigenvalue weighted by Crippen LogP contribution is -2.32. The summed E-state index contributed by atoms with van der Waals surface area (Å²) in [6, 6.07) is 15.0. The fraction of sp³-hybridized carbons (Fsp3) is 0.308. The molecule has 0 N–H and O–H groups in total. The Balaban J connectivity index is 1.77. The lowest BCUT2D eigenvalue weighted by molar-refractivity contribution is -0.132. The van der Waals surface area contributed by atoms with Gasteiger partial charge >= 0.3 is 5.97 Å². The highest BCUT2D eigenvalue weighted by Crippen LogP contribution is 2.47. The van der Waals surface area contributed by atoms with Gasteiger partial charge in [0.25, 0.3) is 0 Å². The van der Waals surface area contributed by atoms with E-state index >= 15 is 0 Å². The first-order valence-electron chi connectivity index (χ1n) is 10.6. The van der Waals surface area contributed by atoms with Crippen molar-refractivity contribution in [2.24, 2.45) is 10.9 Å². The van der Waals surface area contributed by atoms with Crippen molar-refractivity contribution in [3.05, 3.63) is 69.9 Å². The number of esters is 1. The van der Waals surface area contributed by atoms with E-state index in [1.54, 1.807) is 18.2 Å². The minimum atomic E-state index is -0.580. The molecule has 0 radical (unpaired) electrons. The first-order valence-corrected chi connectivity index (χ1v) is 11.0. The number of aliphatic imine (C=N–C) groups is 1. The number of ketones is 1. The molecule has 3 atom stereocenters. The number of nitrogens with zero attached hydrogens (tertiary/aromatic N) is 2. The lowest BCUT2D eigenvalue weighted by atomic mass is 9.69. The number of ether oxygens (including phenoxy) is 2. The highest BCUT2D eigenvalue weighted by molar-refractivity contribution is 6.30. The first-order chi connectivity index (χ1) is 15.8. The molecule has 1 aliphatic carbocycles. The van der Waals surface area contributed by atoms with Crippen LogP contribution in [0.1, 0.15) is 49.7 Å². The Bertz CT molecular complexity index is 1220. The van der Waals surface area contributed by atoms with Crippen LogP contribution in [0.5, 0.6) is 11.5 Å². The van der Waals surface area contributed by atoms with E-state index in [1.165, 1.54) is 14.0 Å². The lowest BCUT2D eigenvalue weighted by Gasteiger charge is -2.35. The molecule has 2 aliphatic rings. The summed E-state index contributed by atoms with van der Waals surface area (Å²) in [5, 5.41) is 10.6.